The van der Waals surface area contributed by atoms with Gasteiger partial charge in [0.2, 0.25) is 0 Å². The van der Waals surface area contributed by atoms with Gasteiger partial charge in [0.1, 0.15) is 11.7 Å². The monoisotopic (exact) mass is 348 g/mol. The van der Waals surface area contributed by atoms with Crippen molar-refractivity contribution in [3.63, 3.8) is 0 Å². The van der Waals surface area contributed by atoms with Crippen molar-refractivity contribution in [1.82, 2.24) is 10.6 Å². The molecule has 6 heteroatoms. The number of hydrogen-bond acceptors (Lipinski definition) is 4. The molecule has 1 aromatic carbocycles. The highest BCUT2D eigenvalue weighted by Gasteiger charge is 2.18. The fraction of sp³-hybridized carbons (Fsp3) is 0.444. The van der Waals surface area contributed by atoms with E-state index in [1.165, 1.54) is 11.6 Å². The minimum absolute atomic E-state index is 0.0919. The van der Waals surface area contributed by atoms with E-state index in [1.54, 1.807) is 12.1 Å². The maximum Gasteiger partial charge on any atom is 0.141 e. The molecule has 1 fully saturated rings. The van der Waals surface area contributed by atoms with Gasteiger partial charge in [0, 0.05) is 24.7 Å². The zero-order valence-electron chi connectivity index (χ0n) is 13.8. The van der Waals surface area contributed by atoms with Gasteiger partial charge in [0.05, 0.1) is 17.3 Å². The lowest BCUT2D eigenvalue weighted by atomic mass is 10.1. The molecule has 2 heterocycles. The lowest BCUT2D eigenvalue weighted by Crippen LogP contribution is -2.37. The summed E-state index contributed by atoms with van der Waals surface area (Å²) < 4.78 is 13.3. The number of nitrogens with one attached hydrogen (secondary N) is 2. The van der Waals surface area contributed by atoms with Crippen LogP contribution in [0.2, 0.25) is 5.02 Å². The Morgan fingerprint density at radius 1 is 1.46 bits per heavy atom. The van der Waals surface area contributed by atoms with Crippen molar-refractivity contribution in [1.29, 1.82) is 0 Å². The number of nitrogens with zero attached hydrogens (tertiary/aromatic N) is 2. The first-order valence-corrected chi connectivity index (χ1v) is 8.74. The van der Waals surface area contributed by atoms with Gasteiger partial charge in [-0.05, 0) is 49.2 Å². The molecule has 1 aromatic rings. The van der Waals surface area contributed by atoms with Gasteiger partial charge in [0.25, 0.3) is 0 Å². The molecule has 2 aliphatic rings. The van der Waals surface area contributed by atoms with Crippen LogP contribution in [0.3, 0.4) is 0 Å². The highest BCUT2D eigenvalue weighted by atomic mass is 35.5. The average molecular weight is 349 g/mol. The van der Waals surface area contributed by atoms with Gasteiger partial charge in [-0.2, -0.15) is 0 Å². The largest absolute Gasteiger partial charge is 0.369 e. The molecule has 0 aromatic heterocycles. The molecule has 128 valence electrons. The van der Waals surface area contributed by atoms with Gasteiger partial charge in [-0.15, -0.1) is 0 Å². The number of benzene rings is 1. The summed E-state index contributed by atoms with van der Waals surface area (Å²) in [7, 11) is 0. The third-order valence-electron chi connectivity index (χ3n) is 4.25. The Kier molecular flexibility index (Phi) is 5.63. The Morgan fingerprint density at radius 2 is 2.33 bits per heavy atom. The van der Waals surface area contributed by atoms with Crippen LogP contribution in [0.1, 0.15) is 26.2 Å². The Hall–Kier alpha value is -1.72. The summed E-state index contributed by atoms with van der Waals surface area (Å²) >= 11 is 5.86. The zero-order valence-corrected chi connectivity index (χ0v) is 14.5. The molecule has 2 aliphatic heterocycles. The molecule has 0 radical (unpaired) electrons. The maximum atomic E-state index is 13.3. The molecular formula is C18H22ClFN4. The summed E-state index contributed by atoms with van der Waals surface area (Å²) in [5, 5.41) is 6.97. The minimum Gasteiger partial charge on any atom is -0.369 e. The first-order valence-electron chi connectivity index (χ1n) is 8.36. The van der Waals surface area contributed by atoms with Crippen LogP contribution in [0.5, 0.6) is 0 Å². The average Bonchev–Trinajstić information content (AvgIpc) is 2.99. The molecule has 0 spiro atoms. The van der Waals surface area contributed by atoms with Gasteiger partial charge in [-0.25, -0.2) is 4.39 Å². The van der Waals surface area contributed by atoms with Crippen LogP contribution in [-0.4, -0.2) is 37.2 Å². The predicted molar refractivity (Wildman–Crippen MR) is 98.2 cm³/mol. The summed E-state index contributed by atoms with van der Waals surface area (Å²) in [6.45, 7) is 4.82. The summed E-state index contributed by atoms with van der Waals surface area (Å²) in [4.78, 5) is 9.36. The molecule has 0 amide bonds. The molecule has 0 saturated carbocycles. The number of rotatable bonds is 3. The van der Waals surface area contributed by atoms with E-state index in [0.717, 1.165) is 37.5 Å². The van der Waals surface area contributed by atoms with Crippen LogP contribution in [0.15, 0.2) is 39.8 Å². The second kappa shape index (κ2) is 7.90. The van der Waals surface area contributed by atoms with Gasteiger partial charge in [-0.3, -0.25) is 9.98 Å². The molecule has 3 rings (SSSR count). The van der Waals surface area contributed by atoms with E-state index in [0.29, 0.717) is 24.7 Å². The first kappa shape index (κ1) is 17.1. The predicted octanol–water partition coefficient (Wildman–Crippen LogP) is 3.64. The van der Waals surface area contributed by atoms with E-state index in [9.17, 15) is 4.39 Å². The van der Waals surface area contributed by atoms with Crippen molar-refractivity contribution in [3.8, 4) is 0 Å². The Labute approximate surface area is 146 Å². The van der Waals surface area contributed by atoms with E-state index >= 15 is 0 Å². The van der Waals surface area contributed by atoms with Gasteiger partial charge < -0.3 is 10.6 Å². The number of amidine groups is 1. The molecular weight excluding hydrogens is 327 g/mol. The highest BCUT2D eigenvalue weighted by molar-refractivity contribution is 6.31. The molecule has 1 atom stereocenters. The van der Waals surface area contributed by atoms with E-state index in [4.69, 9.17) is 16.6 Å². The van der Waals surface area contributed by atoms with E-state index in [2.05, 4.69) is 28.6 Å². The van der Waals surface area contributed by atoms with Crippen LogP contribution >= 0.6 is 11.6 Å². The maximum absolute atomic E-state index is 13.3. The molecule has 24 heavy (non-hydrogen) atoms. The van der Waals surface area contributed by atoms with Crippen LogP contribution in [-0.2, 0) is 0 Å². The normalized spacial score (nSPS) is 23.0. The topological polar surface area (TPSA) is 48.8 Å². The zero-order chi connectivity index (χ0) is 16.9. The minimum atomic E-state index is -0.427. The fourth-order valence-electron chi connectivity index (χ4n) is 2.87. The molecule has 0 bridgehead atoms. The SMILES string of the molecule is CCC1=CC(=Nc2ccc(F)c(Cl)c2)CC(NC2CCNC2)=NC1. The third-order valence-corrected chi connectivity index (χ3v) is 4.54. The number of hydrogen-bond donors (Lipinski definition) is 2. The number of aliphatic imine (C=N–C) groups is 2. The second-order valence-corrected chi connectivity index (χ2v) is 6.54. The molecule has 1 unspecified atom stereocenters. The fourth-order valence-corrected chi connectivity index (χ4v) is 3.05. The van der Waals surface area contributed by atoms with Crippen molar-refractivity contribution in [2.45, 2.75) is 32.2 Å². The van der Waals surface area contributed by atoms with Crippen LogP contribution in [0.25, 0.3) is 0 Å². The van der Waals surface area contributed by atoms with Crippen LogP contribution in [0.4, 0.5) is 10.1 Å². The molecule has 0 aliphatic carbocycles. The van der Waals surface area contributed by atoms with E-state index in [-0.39, 0.29) is 5.02 Å². The third kappa shape index (κ3) is 4.42. The van der Waals surface area contributed by atoms with Crippen LogP contribution < -0.4 is 10.6 Å². The first-order chi connectivity index (χ1) is 11.6. The van der Waals surface area contributed by atoms with Gasteiger partial charge in [-0.1, -0.05) is 18.5 Å². The van der Waals surface area contributed by atoms with Gasteiger partial charge >= 0.3 is 0 Å². The number of allylic oxidation sites excluding steroid dienone is 1. The van der Waals surface area contributed by atoms with E-state index < -0.39 is 5.82 Å². The molecule has 1 saturated heterocycles. The van der Waals surface area contributed by atoms with Crippen molar-refractivity contribution in [3.05, 3.63) is 40.7 Å². The summed E-state index contributed by atoms with van der Waals surface area (Å²) in [5.74, 6) is 0.541. The lowest BCUT2D eigenvalue weighted by molar-refractivity contribution is 0.628. The Morgan fingerprint density at radius 3 is 3.04 bits per heavy atom. The Balaban J connectivity index is 1.81. The molecule has 4 nitrogen and oxygen atoms in total. The second-order valence-electron chi connectivity index (χ2n) is 6.13. The van der Waals surface area contributed by atoms with Gasteiger partial charge in [0.15, 0.2) is 0 Å². The quantitative estimate of drug-likeness (QED) is 0.876. The summed E-state index contributed by atoms with van der Waals surface area (Å²) in [6.07, 6.45) is 4.79. The van der Waals surface area contributed by atoms with Crippen molar-refractivity contribution < 1.29 is 4.39 Å². The standard InChI is InChI=1S/C18H22ClFN4/c1-2-12-7-15(23-13-3-4-17(20)16(19)8-13)9-18(22-10-12)24-14-5-6-21-11-14/h3-4,7-8,14,21H,2,5-6,9-11H2,1H3,(H,22,24). The number of halogens is 2. The summed E-state index contributed by atoms with van der Waals surface area (Å²) in [6, 6.07) is 4.97. The van der Waals surface area contributed by atoms with E-state index in [1.807, 2.05) is 0 Å². The summed E-state index contributed by atoms with van der Waals surface area (Å²) in [5.41, 5.74) is 2.82. The molecule has 2 N–H and O–H groups in total. The smallest absolute Gasteiger partial charge is 0.141 e. The highest BCUT2D eigenvalue weighted by Crippen LogP contribution is 2.23. The van der Waals surface area contributed by atoms with Crippen molar-refractivity contribution in [2.24, 2.45) is 9.98 Å². The Bertz CT molecular complexity index is 690. The van der Waals surface area contributed by atoms with Crippen molar-refractivity contribution in [2.75, 3.05) is 19.6 Å². The van der Waals surface area contributed by atoms with Crippen LogP contribution in [0, 0.1) is 5.82 Å². The van der Waals surface area contributed by atoms with Crippen molar-refractivity contribution >= 4 is 28.8 Å². The lowest BCUT2D eigenvalue weighted by Gasteiger charge is -2.14.